The number of carbonyl (C=O) groups is 2. The Bertz CT molecular complexity index is 745. The number of amides is 2. The van der Waals surface area contributed by atoms with Crippen LogP contribution >= 0.6 is 23.2 Å². The Morgan fingerprint density at radius 3 is 2.18 bits per heavy atom. The highest BCUT2D eigenvalue weighted by Gasteiger charge is 2.14. The van der Waals surface area contributed by atoms with Gasteiger partial charge in [-0.2, -0.15) is 0 Å². The fourth-order valence-electron chi connectivity index (χ4n) is 1.96. The van der Waals surface area contributed by atoms with Gasteiger partial charge in [0.1, 0.15) is 0 Å². The van der Waals surface area contributed by atoms with Crippen LogP contribution in [0.4, 0.5) is 11.4 Å². The van der Waals surface area contributed by atoms with Gasteiger partial charge in [-0.05, 0) is 36.8 Å². The fraction of sp³-hybridized carbons (Fsp3) is 0.125. The molecule has 22 heavy (non-hydrogen) atoms. The Morgan fingerprint density at radius 1 is 0.955 bits per heavy atom. The minimum absolute atomic E-state index is 0.176. The predicted molar refractivity (Wildman–Crippen MR) is 89.9 cm³/mol. The number of anilines is 2. The normalized spacial score (nSPS) is 10.2. The van der Waals surface area contributed by atoms with Crippen LogP contribution in [-0.2, 0) is 4.79 Å². The smallest absolute Gasteiger partial charge is 0.257 e. The number of halogens is 2. The van der Waals surface area contributed by atoms with E-state index in [-0.39, 0.29) is 16.8 Å². The lowest BCUT2D eigenvalue weighted by Crippen LogP contribution is -2.14. The predicted octanol–water partition coefficient (Wildman–Crippen LogP) is 4.51. The molecule has 0 saturated carbocycles. The van der Waals surface area contributed by atoms with E-state index in [4.69, 9.17) is 23.2 Å². The summed E-state index contributed by atoms with van der Waals surface area (Å²) in [5, 5.41) is 6.01. The van der Waals surface area contributed by atoms with Crippen LogP contribution in [0, 0.1) is 6.92 Å². The Balaban J connectivity index is 2.29. The van der Waals surface area contributed by atoms with Crippen molar-refractivity contribution in [3.05, 3.63) is 57.6 Å². The first-order valence-electron chi connectivity index (χ1n) is 6.52. The second kappa shape index (κ2) is 6.81. The molecule has 0 atom stereocenters. The lowest BCUT2D eigenvalue weighted by atomic mass is 10.1. The Hall–Kier alpha value is -2.04. The van der Waals surface area contributed by atoms with Crippen LogP contribution in [0.1, 0.15) is 22.8 Å². The van der Waals surface area contributed by atoms with Crippen molar-refractivity contribution in [3.63, 3.8) is 0 Å². The maximum absolute atomic E-state index is 12.3. The number of nitrogens with one attached hydrogen (secondary N) is 2. The first-order chi connectivity index (χ1) is 10.4. The summed E-state index contributed by atoms with van der Waals surface area (Å²) in [7, 11) is 0. The van der Waals surface area contributed by atoms with Crippen molar-refractivity contribution in [2.45, 2.75) is 13.8 Å². The molecule has 0 unspecified atom stereocenters. The minimum Gasteiger partial charge on any atom is -0.326 e. The Kier molecular flexibility index (Phi) is 5.06. The van der Waals surface area contributed by atoms with Crippen LogP contribution in [-0.4, -0.2) is 11.8 Å². The fourth-order valence-corrected chi connectivity index (χ4v) is 2.35. The number of hydrogen-bond donors (Lipinski definition) is 2. The molecule has 0 fully saturated rings. The van der Waals surface area contributed by atoms with Gasteiger partial charge in [0.05, 0.1) is 15.6 Å². The summed E-state index contributed by atoms with van der Waals surface area (Å²) in [5.41, 5.74) is 2.28. The average Bonchev–Trinajstić information content (AvgIpc) is 2.45. The van der Waals surface area contributed by atoms with Gasteiger partial charge < -0.3 is 10.6 Å². The van der Waals surface area contributed by atoms with E-state index in [1.54, 1.807) is 43.3 Å². The van der Waals surface area contributed by atoms with Gasteiger partial charge in [0.15, 0.2) is 0 Å². The van der Waals surface area contributed by atoms with Gasteiger partial charge in [0, 0.05) is 18.3 Å². The second-order valence-corrected chi connectivity index (χ2v) is 5.50. The third-order valence-corrected chi connectivity index (χ3v) is 3.91. The Morgan fingerprint density at radius 2 is 1.55 bits per heavy atom. The summed E-state index contributed by atoms with van der Waals surface area (Å²) < 4.78 is 0. The van der Waals surface area contributed by atoms with Crippen molar-refractivity contribution in [2.24, 2.45) is 0 Å². The molecule has 2 N–H and O–H groups in total. The van der Waals surface area contributed by atoms with Gasteiger partial charge in [-0.15, -0.1) is 0 Å². The van der Waals surface area contributed by atoms with Gasteiger partial charge in [-0.25, -0.2) is 0 Å². The monoisotopic (exact) mass is 336 g/mol. The van der Waals surface area contributed by atoms with E-state index in [1.165, 1.54) is 6.92 Å². The lowest BCUT2D eigenvalue weighted by molar-refractivity contribution is -0.114. The molecule has 0 spiro atoms. The summed E-state index contributed by atoms with van der Waals surface area (Å²) in [5.74, 6) is -0.542. The summed E-state index contributed by atoms with van der Waals surface area (Å²) in [6, 6.07) is 10.1. The summed E-state index contributed by atoms with van der Waals surface area (Å²) >= 11 is 12.0. The SMILES string of the molecule is CC(=O)Nc1cccc(NC(=O)c2cccc(Cl)c2Cl)c1C. The molecule has 2 aromatic carbocycles. The molecule has 2 aromatic rings. The molecular weight excluding hydrogens is 323 g/mol. The number of rotatable bonds is 3. The number of hydrogen-bond acceptors (Lipinski definition) is 2. The molecule has 0 saturated heterocycles. The van der Waals surface area contributed by atoms with Crippen LogP contribution < -0.4 is 10.6 Å². The quantitative estimate of drug-likeness (QED) is 0.866. The summed E-state index contributed by atoms with van der Waals surface area (Å²) in [6.07, 6.45) is 0. The topological polar surface area (TPSA) is 58.2 Å². The Labute approximate surface area is 138 Å². The van der Waals surface area contributed by atoms with Crippen LogP contribution in [0.25, 0.3) is 0 Å². The van der Waals surface area contributed by atoms with Crippen LogP contribution in [0.2, 0.25) is 10.0 Å². The zero-order valence-corrected chi connectivity index (χ0v) is 13.5. The maximum atomic E-state index is 12.3. The molecule has 0 aliphatic rings. The molecule has 2 amide bonds. The van der Waals surface area contributed by atoms with Crippen LogP contribution in [0.3, 0.4) is 0 Å². The lowest BCUT2D eigenvalue weighted by Gasteiger charge is -2.13. The van der Waals surface area contributed by atoms with Crippen LogP contribution in [0.15, 0.2) is 36.4 Å². The first-order valence-corrected chi connectivity index (χ1v) is 7.28. The van der Waals surface area contributed by atoms with E-state index >= 15 is 0 Å². The average molecular weight is 337 g/mol. The van der Waals surface area contributed by atoms with E-state index in [2.05, 4.69) is 10.6 Å². The van der Waals surface area contributed by atoms with E-state index < -0.39 is 0 Å². The van der Waals surface area contributed by atoms with E-state index in [0.29, 0.717) is 22.0 Å². The number of benzene rings is 2. The van der Waals surface area contributed by atoms with Crippen molar-refractivity contribution >= 4 is 46.4 Å². The molecule has 6 heteroatoms. The minimum atomic E-state index is -0.365. The molecule has 0 aliphatic carbocycles. The van der Waals surface area contributed by atoms with Gasteiger partial charge >= 0.3 is 0 Å². The molecular formula is C16H14Cl2N2O2. The van der Waals surface area contributed by atoms with E-state index in [1.807, 2.05) is 0 Å². The standard InChI is InChI=1S/C16H14Cl2N2O2/c1-9-13(19-10(2)21)7-4-8-14(9)20-16(22)11-5-3-6-12(17)15(11)18/h3-8H,1-2H3,(H,19,21)(H,20,22). The van der Waals surface area contributed by atoms with Crippen LogP contribution in [0.5, 0.6) is 0 Å². The summed E-state index contributed by atoms with van der Waals surface area (Å²) in [4.78, 5) is 23.5. The van der Waals surface area contributed by atoms with E-state index in [0.717, 1.165) is 5.56 Å². The van der Waals surface area contributed by atoms with Gasteiger partial charge in [0.2, 0.25) is 5.91 Å². The third kappa shape index (κ3) is 3.59. The molecule has 114 valence electrons. The van der Waals surface area contributed by atoms with Gasteiger partial charge in [-0.3, -0.25) is 9.59 Å². The third-order valence-electron chi connectivity index (χ3n) is 3.09. The second-order valence-electron chi connectivity index (χ2n) is 4.71. The zero-order chi connectivity index (χ0) is 16.3. The molecule has 0 radical (unpaired) electrons. The van der Waals surface area contributed by atoms with Gasteiger partial charge in [0.25, 0.3) is 5.91 Å². The molecule has 0 heterocycles. The molecule has 0 aliphatic heterocycles. The van der Waals surface area contributed by atoms with Crippen molar-refractivity contribution in [1.82, 2.24) is 0 Å². The highest BCUT2D eigenvalue weighted by Crippen LogP contribution is 2.28. The largest absolute Gasteiger partial charge is 0.326 e. The van der Waals surface area contributed by atoms with Gasteiger partial charge in [-0.1, -0.05) is 35.3 Å². The maximum Gasteiger partial charge on any atom is 0.257 e. The molecule has 4 nitrogen and oxygen atoms in total. The van der Waals surface area contributed by atoms with Crippen molar-refractivity contribution in [1.29, 1.82) is 0 Å². The molecule has 0 aromatic heterocycles. The first kappa shape index (κ1) is 16.3. The highest BCUT2D eigenvalue weighted by atomic mass is 35.5. The zero-order valence-electron chi connectivity index (χ0n) is 12.0. The summed E-state index contributed by atoms with van der Waals surface area (Å²) in [6.45, 7) is 3.23. The highest BCUT2D eigenvalue weighted by molar-refractivity contribution is 6.44. The van der Waals surface area contributed by atoms with Crippen molar-refractivity contribution in [3.8, 4) is 0 Å². The van der Waals surface area contributed by atoms with E-state index in [9.17, 15) is 9.59 Å². The van der Waals surface area contributed by atoms with Crippen molar-refractivity contribution in [2.75, 3.05) is 10.6 Å². The molecule has 0 bridgehead atoms. The number of carbonyl (C=O) groups excluding carboxylic acids is 2. The van der Waals surface area contributed by atoms with Crippen molar-refractivity contribution < 1.29 is 9.59 Å². The molecule has 2 rings (SSSR count).